The van der Waals surface area contributed by atoms with Crippen LogP contribution < -0.4 is 4.90 Å². The van der Waals surface area contributed by atoms with E-state index in [0.717, 1.165) is 39.7 Å². The second-order valence-corrected chi connectivity index (χ2v) is 7.55. The molecule has 2 aromatic heterocycles. The highest BCUT2D eigenvalue weighted by Crippen LogP contribution is 2.34. The van der Waals surface area contributed by atoms with Crippen LogP contribution in [0.1, 0.15) is 11.4 Å². The zero-order valence-electron chi connectivity index (χ0n) is 17.9. The molecule has 0 atom stereocenters. The molecule has 0 spiro atoms. The molecule has 32 heavy (non-hydrogen) atoms. The predicted molar refractivity (Wildman–Crippen MR) is 127 cm³/mol. The first-order valence-corrected chi connectivity index (χ1v) is 10.4. The van der Waals surface area contributed by atoms with E-state index in [9.17, 15) is 0 Å². The van der Waals surface area contributed by atoms with E-state index in [1.807, 2.05) is 62.5 Å². The summed E-state index contributed by atoms with van der Waals surface area (Å²) in [6.45, 7) is 3.89. The summed E-state index contributed by atoms with van der Waals surface area (Å²) in [5.41, 5.74) is 6.81. The molecule has 0 N–H and O–H groups in total. The molecular formula is C26H22N6. The van der Waals surface area contributed by atoms with Crippen molar-refractivity contribution < 1.29 is 0 Å². The normalized spacial score (nSPS) is 10.8. The number of anilines is 3. The lowest BCUT2D eigenvalue weighted by molar-refractivity contribution is 0.746. The number of nitrogens with zero attached hydrogens (tertiary/aromatic N) is 6. The van der Waals surface area contributed by atoms with Crippen molar-refractivity contribution >= 4 is 17.1 Å². The SMILES string of the molecule is Cc1cc(C)nc(-n2cc(-c3ccc(N(c4ccccc4)c4ccccc4)cc3)nn2)n1. The van der Waals surface area contributed by atoms with Crippen LogP contribution in [0.3, 0.4) is 0 Å². The van der Waals surface area contributed by atoms with Gasteiger partial charge in [-0.05, 0) is 56.3 Å². The number of rotatable bonds is 5. The van der Waals surface area contributed by atoms with Gasteiger partial charge in [0.25, 0.3) is 5.95 Å². The second kappa shape index (κ2) is 8.43. The van der Waals surface area contributed by atoms with Gasteiger partial charge in [-0.15, -0.1) is 5.10 Å². The van der Waals surface area contributed by atoms with Crippen LogP contribution in [0.5, 0.6) is 0 Å². The maximum atomic E-state index is 4.46. The molecule has 5 rings (SSSR count). The minimum absolute atomic E-state index is 0.525. The maximum absolute atomic E-state index is 4.46. The third-order valence-corrected chi connectivity index (χ3v) is 5.12. The van der Waals surface area contributed by atoms with E-state index < -0.39 is 0 Å². The zero-order chi connectivity index (χ0) is 21.9. The standard InChI is InChI=1S/C26H22N6/c1-19-17-20(2)28-26(27-19)31-18-25(29-30-31)21-13-15-24(16-14-21)32(22-9-5-3-6-10-22)23-11-7-4-8-12-23/h3-18H,1-2H3. The number of hydrogen-bond acceptors (Lipinski definition) is 5. The molecule has 2 heterocycles. The molecule has 0 bridgehead atoms. The molecule has 6 heteroatoms. The lowest BCUT2D eigenvalue weighted by atomic mass is 10.1. The van der Waals surface area contributed by atoms with E-state index in [2.05, 4.69) is 73.7 Å². The third kappa shape index (κ3) is 3.98. The van der Waals surface area contributed by atoms with E-state index >= 15 is 0 Å². The van der Waals surface area contributed by atoms with E-state index in [1.165, 1.54) is 0 Å². The van der Waals surface area contributed by atoms with Crippen molar-refractivity contribution in [1.82, 2.24) is 25.0 Å². The van der Waals surface area contributed by atoms with Crippen molar-refractivity contribution in [2.75, 3.05) is 4.90 Å². The molecule has 156 valence electrons. The predicted octanol–water partition coefficient (Wildman–Crippen LogP) is 5.81. The molecule has 0 amide bonds. The van der Waals surface area contributed by atoms with Crippen LogP contribution in [-0.4, -0.2) is 25.0 Å². The Morgan fingerprint density at radius 2 is 1.19 bits per heavy atom. The first kappa shape index (κ1) is 19.6. The van der Waals surface area contributed by atoms with Gasteiger partial charge in [0.2, 0.25) is 0 Å². The summed E-state index contributed by atoms with van der Waals surface area (Å²) in [4.78, 5) is 11.1. The van der Waals surface area contributed by atoms with Crippen LogP contribution in [0.4, 0.5) is 17.1 Å². The molecule has 0 aliphatic carbocycles. The van der Waals surface area contributed by atoms with Crippen LogP contribution in [0.2, 0.25) is 0 Å². The van der Waals surface area contributed by atoms with Crippen molar-refractivity contribution in [3.63, 3.8) is 0 Å². The average Bonchev–Trinajstić information content (AvgIpc) is 3.31. The van der Waals surface area contributed by atoms with E-state index in [1.54, 1.807) is 4.68 Å². The summed E-state index contributed by atoms with van der Waals surface area (Å²) in [5, 5.41) is 8.56. The summed E-state index contributed by atoms with van der Waals surface area (Å²) >= 11 is 0. The van der Waals surface area contributed by atoms with Crippen molar-refractivity contribution in [2.45, 2.75) is 13.8 Å². The molecule has 0 aliphatic heterocycles. The van der Waals surface area contributed by atoms with Gasteiger partial charge in [0.05, 0.1) is 6.20 Å². The topological polar surface area (TPSA) is 59.7 Å². The van der Waals surface area contributed by atoms with Crippen LogP contribution in [-0.2, 0) is 0 Å². The van der Waals surface area contributed by atoms with Crippen LogP contribution in [0.15, 0.2) is 97.2 Å². The highest BCUT2D eigenvalue weighted by atomic mass is 15.5. The summed E-state index contributed by atoms with van der Waals surface area (Å²) in [6.07, 6.45) is 1.86. The van der Waals surface area contributed by atoms with E-state index in [0.29, 0.717) is 5.95 Å². The maximum Gasteiger partial charge on any atom is 0.252 e. The van der Waals surface area contributed by atoms with Crippen molar-refractivity contribution in [3.05, 3.63) is 109 Å². The second-order valence-electron chi connectivity index (χ2n) is 7.55. The molecule has 5 aromatic rings. The van der Waals surface area contributed by atoms with Crippen molar-refractivity contribution in [3.8, 4) is 17.2 Å². The van der Waals surface area contributed by atoms with Gasteiger partial charge in [0.15, 0.2) is 0 Å². The van der Waals surface area contributed by atoms with Crippen molar-refractivity contribution in [1.29, 1.82) is 0 Å². The first-order chi connectivity index (χ1) is 15.7. The fourth-order valence-corrected chi connectivity index (χ4v) is 3.69. The number of aryl methyl sites for hydroxylation is 2. The van der Waals surface area contributed by atoms with E-state index in [4.69, 9.17) is 0 Å². The highest BCUT2D eigenvalue weighted by molar-refractivity contribution is 5.77. The largest absolute Gasteiger partial charge is 0.311 e. The molecule has 0 fully saturated rings. The Morgan fingerprint density at radius 3 is 1.75 bits per heavy atom. The van der Waals surface area contributed by atoms with Gasteiger partial charge >= 0.3 is 0 Å². The quantitative estimate of drug-likeness (QED) is 0.360. The minimum Gasteiger partial charge on any atom is -0.311 e. The molecule has 6 nitrogen and oxygen atoms in total. The van der Waals surface area contributed by atoms with Gasteiger partial charge in [-0.1, -0.05) is 53.7 Å². The number of benzene rings is 3. The Morgan fingerprint density at radius 1 is 0.656 bits per heavy atom. The molecule has 0 aliphatic rings. The molecule has 0 unspecified atom stereocenters. The van der Waals surface area contributed by atoms with Crippen LogP contribution in [0.25, 0.3) is 17.2 Å². The number of hydrogen-bond donors (Lipinski definition) is 0. The molecule has 0 saturated heterocycles. The Labute approximate surface area is 186 Å². The van der Waals surface area contributed by atoms with Gasteiger partial charge in [-0.3, -0.25) is 0 Å². The monoisotopic (exact) mass is 418 g/mol. The van der Waals surface area contributed by atoms with Gasteiger partial charge in [-0.25, -0.2) is 9.97 Å². The molecular weight excluding hydrogens is 396 g/mol. The van der Waals surface area contributed by atoms with Crippen LogP contribution in [0, 0.1) is 13.8 Å². The first-order valence-electron chi connectivity index (χ1n) is 10.4. The zero-order valence-corrected chi connectivity index (χ0v) is 17.9. The fourth-order valence-electron chi connectivity index (χ4n) is 3.69. The van der Waals surface area contributed by atoms with Gasteiger partial charge in [0, 0.05) is 34.0 Å². The van der Waals surface area contributed by atoms with E-state index in [-0.39, 0.29) is 0 Å². The Bertz CT molecular complexity index is 1270. The summed E-state index contributed by atoms with van der Waals surface area (Å²) in [7, 11) is 0. The van der Waals surface area contributed by atoms with Gasteiger partial charge in [-0.2, -0.15) is 4.68 Å². The average molecular weight is 419 g/mol. The number of para-hydroxylation sites is 2. The Hall–Kier alpha value is -4.32. The summed E-state index contributed by atoms with van der Waals surface area (Å²) < 4.78 is 1.61. The minimum atomic E-state index is 0.525. The smallest absolute Gasteiger partial charge is 0.252 e. The Balaban J connectivity index is 1.48. The third-order valence-electron chi connectivity index (χ3n) is 5.12. The lowest BCUT2D eigenvalue weighted by Crippen LogP contribution is -2.09. The number of aromatic nitrogens is 5. The lowest BCUT2D eigenvalue weighted by Gasteiger charge is -2.25. The fraction of sp³-hybridized carbons (Fsp3) is 0.0769. The van der Waals surface area contributed by atoms with Gasteiger partial charge in [0.1, 0.15) is 5.69 Å². The van der Waals surface area contributed by atoms with Crippen LogP contribution >= 0.6 is 0 Å². The molecule has 3 aromatic carbocycles. The summed E-state index contributed by atoms with van der Waals surface area (Å²) in [6, 6.07) is 30.9. The summed E-state index contributed by atoms with van der Waals surface area (Å²) in [5.74, 6) is 0.525. The van der Waals surface area contributed by atoms with Crippen molar-refractivity contribution in [2.24, 2.45) is 0 Å². The van der Waals surface area contributed by atoms with Gasteiger partial charge < -0.3 is 4.90 Å². The Kier molecular flexibility index (Phi) is 5.17. The molecule has 0 saturated carbocycles. The highest BCUT2D eigenvalue weighted by Gasteiger charge is 2.13. The molecule has 0 radical (unpaired) electrons.